The highest BCUT2D eigenvalue weighted by Gasteiger charge is 2.17. The van der Waals surface area contributed by atoms with E-state index in [0.717, 1.165) is 11.3 Å². The van der Waals surface area contributed by atoms with Crippen molar-refractivity contribution in [1.82, 2.24) is 15.5 Å². The number of carbonyl (C=O) groups is 1. The van der Waals surface area contributed by atoms with Crippen molar-refractivity contribution in [2.45, 2.75) is 19.4 Å². The van der Waals surface area contributed by atoms with Crippen molar-refractivity contribution in [3.8, 4) is 17.1 Å². The lowest BCUT2D eigenvalue weighted by atomic mass is 10.1. The molecule has 2 heterocycles. The van der Waals surface area contributed by atoms with Crippen molar-refractivity contribution in [2.24, 2.45) is 0 Å². The van der Waals surface area contributed by atoms with Gasteiger partial charge in [0.2, 0.25) is 5.76 Å². The van der Waals surface area contributed by atoms with Gasteiger partial charge in [-0.25, -0.2) is 0 Å². The van der Waals surface area contributed by atoms with Gasteiger partial charge in [0.1, 0.15) is 11.4 Å². The topological polar surface area (TPSA) is 77.2 Å². The van der Waals surface area contributed by atoms with E-state index >= 15 is 0 Å². The van der Waals surface area contributed by atoms with E-state index in [0.29, 0.717) is 17.8 Å². The van der Waals surface area contributed by atoms with Crippen LogP contribution in [0.25, 0.3) is 11.4 Å². The minimum atomic E-state index is -0.301. The average Bonchev–Trinajstić information content (AvgIpc) is 3.13. The molecule has 6 heteroatoms. The van der Waals surface area contributed by atoms with Gasteiger partial charge in [0.15, 0.2) is 0 Å². The molecule has 1 aromatic carbocycles. The summed E-state index contributed by atoms with van der Waals surface area (Å²) in [5.41, 5.74) is 2.28. The number of nitrogens with one attached hydrogen (secondary N) is 1. The van der Waals surface area contributed by atoms with Crippen LogP contribution in [0.15, 0.2) is 59.3 Å². The number of nitrogens with zero attached hydrogens (tertiary/aromatic N) is 2. The third kappa shape index (κ3) is 4.23. The van der Waals surface area contributed by atoms with Crippen LogP contribution in [0.2, 0.25) is 0 Å². The number of ether oxygens (including phenoxy) is 1. The SMILES string of the molecule is COc1cccc(C[C@H](C)NC(=O)c2cc(-c3ccccn3)no2)c1. The second kappa shape index (κ2) is 7.61. The molecule has 2 aromatic heterocycles. The average molecular weight is 337 g/mol. The van der Waals surface area contributed by atoms with Crippen molar-refractivity contribution in [1.29, 1.82) is 0 Å². The molecule has 1 N–H and O–H groups in total. The predicted octanol–water partition coefficient (Wildman–Crippen LogP) is 3.11. The highest BCUT2D eigenvalue weighted by Crippen LogP contribution is 2.17. The Morgan fingerprint density at radius 2 is 2.08 bits per heavy atom. The van der Waals surface area contributed by atoms with Gasteiger partial charge >= 0.3 is 0 Å². The molecule has 1 amide bonds. The molecule has 0 spiro atoms. The van der Waals surface area contributed by atoms with Crippen molar-refractivity contribution < 1.29 is 14.1 Å². The fraction of sp³-hybridized carbons (Fsp3) is 0.211. The first-order chi connectivity index (χ1) is 12.2. The summed E-state index contributed by atoms with van der Waals surface area (Å²) >= 11 is 0. The van der Waals surface area contributed by atoms with Crippen molar-refractivity contribution in [2.75, 3.05) is 7.11 Å². The number of methoxy groups -OCH3 is 1. The Hall–Kier alpha value is -3.15. The molecule has 0 bridgehead atoms. The molecule has 0 unspecified atom stereocenters. The zero-order valence-corrected chi connectivity index (χ0v) is 14.1. The van der Waals surface area contributed by atoms with Crippen LogP contribution in [-0.4, -0.2) is 29.2 Å². The molecule has 6 nitrogen and oxygen atoms in total. The van der Waals surface area contributed by atoms with Gasteiger partial charge in [0, 0.05) is 18.3 Å². The van der Waals surface area contributed by atoms with E-state index in [9.17, 15) is 4.79 Å². The number of aromatic nitrogens is 2. The second-order valence-electron chi connectivity index (χ2n) is 5.72. The molecule has 0 fully saturated rings. The molecule has 25 heavy (non-hydrogen) atoms. The summed E-state index contributed by atoms with van der Waals surface area (Å²) in [7, 11) is 1.63. The van der Waals surface area contributed by atoms with E-state index in [-0.39, 0.29) is 17.7 Å². The summed E-state index contributed by atoms with van der Waals surface area (Å²) < 4.78 is 10.4. The van der Waals surface area contributed by atoms with E-state index in [1.54, 1.807) is 19.4 Å². The molecule has 0 saturated carbocycles. The number of hydrogen-bond acceptors (Lipinski definition) is 5. The Morgan fingerprint density at radius 1 is 1.20 bits per heavy atom. The summed E-state index contributed by atoms with van der Waals surface area (Å²) in [4.78, 5) is 16.5. The van der Waals surface area contributed by atoms with Crippen LogP contribution in [0.3, 0.4) is 0 Å². The molecule has 0 saturated heterocycles. The van der Waals surface area contributed by atoms with Crippen LogP contribution in [-0.2, 0) is 6.42 Å². The summed E-state index contributed by atoms with van der Waals surface area (Å²) in [6.07, 6.45) is 2.35. The summed E-state index contributed by atoms with van der Waals surface area (Å²) in [5, 5.41) is 6.82. The van der Waals surface area contributed by atoms with E-state index < -0.39 is 0 Å². The highest BCUT2D eigenvalue weighted by atomic mass is 16.5. The monoisotopic (exact) mass is 337 g/mol. The first-order valence-corrected chi connectivity index (χ1v) is 7.97. The van der Waals surface area contributed by atoms with Crippen molar-refractivity contribution >= 4 is 5.91 Å². The van der Waals surface area contributed by atoms with Crippen LogP contribution in [0.5, 0.6) is 5.75 Å². The maximum Gasteiger partial charge on any atom is 0.290 e. The standard InChI is InChI=1S/C19H19N3O3/c1-13(10-14-6-5-7-15(11-14)24-2)21-19(23)18-12-17(22-25-18)16-8-3-4-9-20-16/h3-9,11-13H,10H2,1-2H3,(H,21,23)/t13-/m0/s1. The zero-order valence-electron chi connectivity index (χ0n) is 14.1. The van der Waals surface area contributed by atoms with Crippen LogP contribution < -0.4 is 10.1 Å². The summed E-state index contributed by atoms with van der Waals surface area (Å²) in [6, 6.07) is 14.8. The van der Waals surface area contributed by atoms with Gasteiger partial charge in [-0.1, -0.05) is 23.4 Å². The van der Waals surface area contributed by atoms with Crippen LogP contribution in [0.1, 0.15) is 23.0 Å². The maximum absolute atomic E-state index is 12.3. The number of hydrogen-bond donors (Lipinski definition) is 1. The summed E-state index contributed by atoms with van der Waals surface area (Å²) in [5.74, 6) is 0.662. The molecule has 3 aromatic rings. The quantitative estimate of drug-likeness (QED) is 0.748. The number of benzene rings is 1. The van der Waals surface area contributed by atoms with E-state index in [4.69, 9.17) is 9.26 Å². The van der Waals surface area contributed by atoms with Crippen LogP contribution in [0, 0.1) is 0 Å². The zero-order chi connectivity index (χ0) is 17.6. The first kappa shape index (κ1) is 16.7. The highest BCUT2D eigenvalue weighted by molar-refractivity contribution is 5.92. The number of pyridine rings is 1. The van der Waals surface area contributed by atoms with Crippen molar-refractivity contribution in [3.05, 3.63) is 66.1 Å². The third-order valence-corrected chi connectivity index (χ3v) is 3.71. The molecule has 0 aliphatic heterocycles. The molecule has 0 aliphatic carbocycles. The molecule has 0 aliphatic rings. The fourth-order valence-electron chi connectivity index (χ4n) is 2.52. The van der Waals surface area contributed by atoms with Crippen molar-refractivity contribution in [3.63, 3.8) is 0 Å². The molecular weight excluding hydrogens is 318 g/mol. The minimum absolute atomic E-state index is 0.0667. The molecule has 128 valence electrons. The largest absolute Gasteiger partial charge is 0.497 e. The van der Waals surface area contributed by atoms with Gasteiger partial charge in [-0.2, -0.15) is 0 Å². The van der Waals surface area contributed by atoms with E-state index in [2.05, 4.69) is 15.5 Å². The van der Waals surface area contributed by atoms with Gasteiger partial charge in [-0.05, 0) is 43.2 Å². The van der Waals surface area contributed by atoms with Gasteiger partial charge < -0.3 is 14.6 Å². The van der Waals surface area contributed by atoms with Crippen LogP contribution in [0.4, 0.5) is 0 Å². The lowest BCUT2D eigenvalue weighted by Crippen LogP contribution is -2.33. The summed E-state index contributed by atoms with van der Waals surface area (Å²) in [6.45, 7) is 1.94. The van der Waals surface area contributed by atoms with E-state index in [1.807, 2.05) is 49.4 Å². The van der Waals surface area contributed by atoms with Crippen LogP contribution >= 0.6 is 0 Å². The van der Waals surface area contributed by atoms with E-state index in [1.165, 1.54) is 0 Å². The molecule has 0 radical (unpaired) electrons. The molecule has 1 atom stereocenters. The second-order valence-corrected chi connectivity index (χ2v) is 5.72. The number of rotatable bonds is 6. The lowest BCUT2D eigenvalue weighted by molar-refractivity contribution is 0.0903. The Labute approximate surface area is 145 Å². The molecule has 3 rings (SSSR count). The van der Waals surface area contributed by atoms with Gasteiger partial charge in [0.05, 0.1) is 12.8 Å². The predicted molar refractivity (Wildman–Crippen MR) is 93.4 cm³/mol. The number of carbonyl (C=O) groups excluding carboxylic acids is 1. The van der Waals surface area contributed by atoms with Gasteiger partial charge in [-0.3, -0.25) is 9.78 Å². The fourth-order valence-corrected chi connectivity index (χ4v) is 2.52. The maximum atomic E-state index is 12.3. The normalized spacial score (nSPS) is 11.8. The Balaban J connectivity index is 1.63. The Bertz CT molecular complexity index is 846. The third-order valence-electron chi connectivity index (χ3n) is 3.71. The Kier molecular flexibility index (Phi) is 5.09. The lowest BCUT2D eigenvalue weighted by Gasteiger charge is -2.13. The molecular formula is C19H19N3O3. The smallest absolute Gasteiger partial charge is 0.290 e. The minimum Gasteiger partial charge on any atom is -0.497 e. The Morgan fingerprint density at radius 3 is 2.84 bits per heavy atom. The number of amides is 1. The first-order valence-electron chi connectivity index (χ1n) is 7.97. The van der Waals surface area contributed by atoms with Gasteiger partial charge in [0.25, 0.3) is 5.91 Å². The van der Waals surface area contributed by atoms with Gasteiger partial charge in [-0.15, -0.1) is 0 Å².